The van der Waals surface area contributed by atoms with Crippen molar-refractivity contribution in [3.63, 3.8) is 0 Å². The number of piperazine rings is 1. The molecular weight excluding hydrogens is 215 g/mol. The summed E-state index contributed by atoms with van der Waals surface area (Å²) in [5.41, 5.74) is 1.22. The van der Waals surface area contributed by atoms with Gasteiger partial charge in [-0.3, -0.25) is 4.90 Å². The molecule has 17 heavy (non-hydrogen) atoms. The van der Waals surface area contributed by atoms with Gasteiger partial charge < -0.3 is 5.32 Å². The Bertz CT molecular complexity index is 337. The first-order valence-corrected chi connectivity index (χ1v) is 6.49. The molecule has 0 spiro atoms. The van der Waals surface area contributed by atoms with E-state index >= 15 is 0 Å². The van der Waals surface area contributed by atoms with Crippen LogP contribution in [0, 0.1) is 5.82 Å². The van der Waals surface area contributed by atoms with Crippen LogP contribution in [0.2, 0.25) is 0 Å². The van der Waals surface area contributed by atoms with Crippen molar-refractivity contribution in [1.29, 1.82) is 0 Å². The summed E-state index contributed by atoms with van der Waals surface area (Å²) in [5.74, 6) is -0.151. The van der Waals surface area contributed by atoms with Crippen molar-refractivity contribution in [2.45, 2.75) is 25.8 Å². The highest BCUT2D eigenvalue weighted by atomic mass is 19.1. The number of nitrogens with zero attached hydrogens (tertiary/aromatic N) is 1. The van der Waals surface area contributed by atoms with Gasteiger partial charge in [0.2, 0.25) is 0 Å². The van der Waals surface area contributed by atoms with Crippen LogP contribution < -0.4 is 5.32 Å². The fraction of sp³-hybridized carbons (Fsp3) is 0.571. The lowest BCUT2D eigenvalue weighted by molar-refractivity contribution is 0.159. The zero-order valence-electron chi connectivity index (χ0n) is 10.5. The zero-order valence-corrected chi connectivity index (χ0v) is 10.5. The van der Waals surface area contributed by atoms with Gasteiger partial charge in [0.05, 0.1) is 0 Å². The molecule has 1 aromatic rings. The molecule has 0 radical (unpaired) electrons. The molecule has 1 aromatic carbocycles. The summed E-state index contributed by atoms with van der Waals surface area (Å²) < 4.78 is 12.8. The summed E-state index contributed by atoms with van der Waals surface area (Å²) >= 11 is 0. The van der Waals surface area contributed by atoms with Crippen molar-refractivity contribution in [2.75, 3.05) is 26.2 Å². The second kappa shape index (κ2) is 6.12. The van der Waals surface area contributed by atoms with E-state index in [1.165, 1.54) is 12.0 Å². The highest BCUT2D eigenvalue weighted by Crippen LogP contribution is 2.10. The lowest BCUT2D eigenvalue weighted by Gasteiger charge is -2.35. The van der Waals surface area contributed by atoms with Gasteiger partial charge in [0.15, 0.2) is 0 Å². The molecule has 1 aliphatic heterocycles. The Morgan fingerprint density at radius 1 is 1.35 bits per heavy atom. The monoisotopic (exact) mass is 236 g/mol. The number of benzene rings is 1. The molecule has 1 aliphatic rings. The molecule has 0 aromatic heterocycles. The van der Waals surface area contributed by atoms with Crippen molar-refractivity contribution in [1.82, 2.24) is 10.2 Å². The van der Waals surface area contributed by atoms with E-state index in [2.05, 4.69) is 17.1 Å². The maximum Gasteiger partial charge on any atom is 0.123 e. The van der Waals surface area contributed by atoms with Crippen molar-refractivity contribution in [2.24, 2.45) is 0 Å². The maximum absolute atomic E-state index is 12.8. The molecule has 0 amide bonds. The second-order valence-corrected chi connectivity index (χ2v) is 4.68. The molecule has 1 N–H and O–H groups in total. The highest BCUT2D eigenvalue weighted by Gasteiger charge is 2.19. The van der Waals surface area contributed by atoms with Crippen molar-refractivity contribution < 1.29 is 4.39 Å². The van der Waals surface area contributed by atoms with Gasteiger partial charge in [-0.1, -0.05) is 19.1 Å². The van der Waals surface area contributed by atoms with Gasteiger partial charge in [-0.2, -0.15) is 0 Å². The first-order valence-electron chi connectivity index (χ1n) is 6.49. The molecule has 1 unspecified atom stereocenters. The van der Waals surface area contributed by atoms with Crippen molar-refractivity contribution in [3.05, 3.63) is 35.6 Å². The highest BCUT2D eigenvalue weighted by molar-refractivity contribution is 5.16. The first kappa shape index (κ1) is 12.5. The van der Waals surface area contributed by atoms with E-state index in [9.17, 15) is 4.39 Å². The van der Waals surface area contributed by atoms with Crippen LogP contribution >= 0.6 is 0 Å². The van der Waals surface area contributed by atoms with Crippen LogP contribution in [0.25, 0.3) is 0 Å². The van der Waals surface area contributed by atoms with Crippen molar-refractivity contribution in [3.8, 4) is 0 Å². The van der Waals surface area contributed by atoms with E-state index in [1.54, 1.807) is 12.1 Å². The molecule has 2 nitrogen and oxygen atoms in total. The number of hydrogen-bond donors (Lipinski definition) is 1. The lowest BCUT2D eigenvalue weighted by Crippen LogP contribution is -2.51. The summed E-state index contributed by atoms with van der Waals surface area (Å²) in [6, 6.07) is 7.52. The smallest absolute Gasteiger partial charge is 0.123 e. The SMILES string of the molecule is CCC1CNCCN1CCc1ccc(F)cc1. The quantitative estimate of drug-likeness (QED) is 0.860. The van der Waals surface area contributed by atoms with Crippen LogP contribution in [-0.4, -0.2) is 37.1 Å². The molecule has 1 saturated heterocycles. The van der Waals surface area contributed by atoms with E-state index in [0.717, 1.165) is 32.6 Å². The fourth-order valence-corrected chi connectivity index (χ4v) is 2.42. The molecule has 1 atom stereocenters. The Morgan fingerprint density at radius 2 is 2.12 bits per heavy atom. The van der Waals surface area contributed by atoms with E-state index in [0.29, 0.717) is 6.04 Å². The van der Waals surface area contributed by atoms with Gasteiger partial charge in [0.25, 0.3) is 0 Å². The Hall–Kier alpha value is -0.930. The molecular formula is C14H21FN2. The van der Waals surface area contributed by atoms with Gasteiger partial charge in [-0.05, 0) is 30.5 Å². The normalized spacial score (nSPS) is 21.6. The summed E-state index contributed by atoms with van der Waals surface area (Å²) in [5, 5.41) is 3.43. The second-order valence-electron chi connectivity index (χ2n) is 4.68. The lowest BCUT2D eigenvalue weighted by atomic mass is 10.1. The molecule has 0 aliphatic carbocycles. The average Bonchev–Trinajstić information content (AvgIpc) is 2.38. The van der Waals surface area contributed by atoms with Gasteiger partial charge >= 0.3 is 0 Å². The number of hydrogen-bond acceptors (Lipinski definition) is 2. The predicted octanol–water partition coefficient (Wildman–Crippen LogP) is 2.05. The van der Waals surface area contributed by atoms with Crippen LogP contribution in [0.4, 0.5) is 4.39 Å². The Morgan fingerprint density at radius 3 is 2.82 bits per heavy atom. The average molecular weight is 236 g/mol. The van der Waals surface area contributed by atoms with Crippen LogP contribution in [0.1, 0.15) is 18.9 Å². The standard InChI is InChI=1S/C14H21FN2/c1-2-14-11-16-8-10-17(14)9-7-12-3-5-13(15)6-4-12/h3-6,14,16H,2,7-11H2,1H3. The number of nitrogens with one attached hydrogen (secondary N) is 1. The molecule has 0 bridgehead atoms. The maximum atomic E-state index is 12.8. The van der Waals surface area contributed by atoms with Crippen LogP contribution in [0.3, 0.4) is 0 Å². The number of halogens is 1. The fourth-order valence-electron chi connectivity index (χ4n) is 2.42. The molecule has 2 rings (SSSR count). The Balaban J connectivity index is 1.86. The molecule has 1 fully saturated rings. The zero-order chi connectivity index (χ0) is 12.1. The van der Waals surface area contributed by atoms with E-state index in [-0.39, 0.29) is 5.82 Å². The summed E-state index contributed by atoms with van der Waals surface area (Å²) in [6.07, 6.45) is 2.20. The van der Waals surface area contributed by atoms with Crippen LogP contribution in [0.15, 0.2) is 24.3 Å². The van der Waals surface area contributed by atoms with Gasteiger partial charge in [-0.25, -0.2) is 4.39 Å². The summed E-state index contributed by atoms with van der Waals surface area (Å²) in [4.78, 5) is 2.54. The van der Waals surface area contributed by atoms with E-state index < -0.39 is 0 Å². The first-order chi connectivity index (χ1) is 8.29. The van der Waals surface area contributed by atoms with E-state index in [4.69, 9.17) is 0 Å². The third kappa shape index (κ3) is 3.51. The third-order valence-electron chi connectivity index (χ3n) is 3.54. The molecule has 94 valence electrons. The molecule has 0 saturated carbocycles. The van der Waals surface area contributed by atoms with Crippen LogP contribution in [0.5, 0.6) is 0 Å². The minimum absolute atomic E-state index is 0.151. The van der Waals surface area contributed by atoms with Gasteiger partial charge in [-0.15, -0.1) is 0 Å². The van der Waals surface area contributed by atoms with E-state index in [1.807, 2.05) is 12.1 Å². The van der Waals surface area contributed by atoms with Crippen molar-refractivity contribution >= 4 is 0 Å². The largest absolute Gasteiger partial charge is 0.314 e. The third-order valence-corrected chi connectivity index (χ3v) is 3.54. The minimum Gasteiger partial charge on any atom is -0.314 e. The van der Waals surface area contributed by atoms with Gasteiger partial charge in [0, 0.05) is 32.2 Å². The summed E-state index contributed by atoms with van der Waals surface area (Å²) in [7, 11) is 0. The predicted molar refractivity (Wildman–Crippen MR) is 68.6 cm³/mol. The molecule has 1 heterocycles. The Labute approximate surface area is 103 Å². The minimum atomic E-state index is -0.151. The number of rotatable bonds is 4. The van der Waals surface area contributed by atoms with Gasteiger partial charge in [0.1, 0.15) is 5.82 Å². The molecule has 3 heteroatoms. The summed E-state index contributed by atoms with van der Waals surface area (Å²) in [6.45, 7) is 6.62. The Kier molecular flexibility index (Phi) is 4.51. The topological polar surface area (TPSA) is 15.3 Å². The van der Waals surface area contributed by atoms with Crippen LogP contribution in [-0.2, 0) is 6.42 Å².